The number of hydrogen-bond acceptors (Lipinski definition) is 0. The van der Waals surface area contributed by atoms with E-state index in [0.717, 1.165) is 15.4 Å². The maximum atomic E-state index is 3.72. The van der Waals surface area contributed by atoms with Gasteiger partial charge in [0.25, 0.3) is 0 Å². The van der Waals surface area contributed by atoms with Gasteiger partial charge in [-0.05, 0) is 87.8 Å². The Morgan fingerprint density at radius 1 is 0.489 bits per heavy atom. The highest BCUT2D eigenvalue weighted by atomic mass is 79.9. The zero-order valence-electron chi connectivity index (χ0n) is 24.5. The quantitative estimate of drug-likeness (QED) is 0.168. The van der Waals surface area contributed by atoms with Crippen molar-refractivity contribution in [1.29, 1.82) is 0 Å². The molecule has 0 saturated carbocycles. The third-order valence-electron chi connectivity index (χ3n) is 8.88. The molecule has 3 heteroatoms. The summed E-state index contributed by atoms with van der Waals surface area (Å²) >= 11 is 7.45. The van der Waals surface area contributed by atoms with E-state index in [1.54, 1.807) is 0 Å². The highest BCUT2D eigenvalue weighted by Gasteiger charge is 2.23. The van der Waals surface area contributed by atoms with E-state index in [9.17, 15) is 0 Å². The van der Waals surface area contributed by atoms with Gasteiger partial charge in [-0.15, -0.1) is 0 Å². The fourth-order valence-corrected chi connectivity index (χ4v) is 7.38. The summed E-state index contributed by atoms with van der Waals surface area (Å²) in [6.45, 7) is 0. The Morgan fingerprint density at radius 3 is 1.49 bits per heavy atom. The molecule has 1 heterocycles. The molecule has 1 nitrogen and oxygen atoms in total. The van der Waals surface area contributed by atoms with Gasteiger partial charge in [0.2, 0.25) is 0 Å². The number of fused-ring (bicyclic) bond motifs is 3. The van der Waals surface area contributed by atoms with Crippen molar-refractivity contribution in [1.82, 2.24) is 4.57 Å². The van der Waals surface area contributed by atoms with Crippen molar-refractivity contribution in [2.45, 2.75) is 12.3 Å². The van der Waals surface area contributed by atoms with Gasteiger partial charge in [0.1, 0.15) is 0 Å². The Kier molecular flexibility index (Phi) is 7.37. The van der Waals surface area contributed by atoms with Crippen molar-refractivity contribution >= 4 is 64.9 Å². The minimum absolute atomic E-state index is 0.233. The van der Waals surface area contributed by atoms with Crippen molar-refractivity contribution in [3.05, 3.63) is 178 Å². The molecular weight excluding hydrogens is 678 g/mol. The van der Waals surface area contributed by atoms with E-state index in [-0.39, 0.29) is 5.92 Å². The summed E-state index contributed by atoms with van der Waals surface area (Å²) < 4.78 is 4.64. The monoisotopic (exact) mass is 705 g/mol. The van der Waals surface area contributed by atoms with Gasteiger partial charge in [0, 0.05) is 31.3 Å². The van der Waals surface area contributed by atoms with Crippen LogP contribution in [0.25, 0.3) is 55.3 Å². The van der Waals surface area contributed by atoms with Crippen LogP contribution in [0, 0.1) is 0 Å². The van der Waals surface area contributed by atoms with E-state index in [2.05, 4.69) is 194 Å². The van der Waals surface area contributed by atoms with Gasteiger partial charge in [-0.3, -0.25) is 0 Å². The molecule has 216 valence electrons. The summed E-state index contributed by atoms with van der Waals surface area (Å²) in [4.78, 5) is 0. The second-order valence-electron chi connectivity index (χ2n) is 11.7. The van der Waals surface area contributed by atoms with Gasteiger partial charge in [-0.1, -0.05) is 147 Å². The molecule has 1 atom stereocenters. The minimum Gasteiger partial charge on any atom is -0.313 e. The second kappa shape index (κ2) is 11.8. The summed E-state index contributed by atoms with van der Waals surface area (Å²) in [6, 6.07) is 52.6. The van der Waals surface area contributed by atoms with Gasteiger partial charge in [-0.2, -0.15) is 0 Å². The topological polar surface area (TPSA) is 4.93 Å². The van der Waals surface area contributed by atoms with Gasteiger partial charge in [0.05, 0.1) is 11.0 Å². The zero-order chi connectivity index (χ0) is 30.3. The van der Waals surface area contributed by atoms with Crippen molar-refractivity contribution in [2.75, 3.05) is 0 Å². The standard InChI is InChI=1S/C42H29Br2N/c43-36-19-21-41-39(26-36)40-27-37(44)20-22-42(40)45(41)38-24-34(32-15-11-30(12-16-32)28-7-3-1-4-8-28)23-35(25-38)33-17-13-31(14-18-33)29-9-5-2-6-10-29/h1-24,26-27,35H,25H2. The van der Waals surface area contributed by atoms with E-state index < -0.39 is 0 Å². The van der Waals surface area contributed by atoms with Crippen LogP contribution >= 0.6 is 31.9 Å². The lowest BCUT2D eigenvalue weighted by Crippen LogP contribution is -2.08. The van der Waals surface area contributed by atoms with E-state index in [4.69, 9.17) is 0 Å². The first-order valence-electron chi connectivity index (χ1n) is 15.2. The SMILES string of the molecule is Brc1ccc2c(c1)c1cc(Br)ccc1n2C1=CC(c2ccc(-c3ccccc3)cc2)=CC(c2ccc(-c3ccccc3)cc2)C1. The number of nitrogens with zero attached hydrogens (tertiary/aromatic N) is 1. The predicted molar refractivity (Wildman–Crippen MR) is 198 cm³/mol. The van der Waals surface area contributed by atoms with Crippen LogP contribution in [0.3, 0.4) is 0 Å². The summed E-state index contributed by atoms with van der Waals surface area (Å²) in [5.41, 5.74) is 12.5. The first-order chi connectivity index (χ1) is 22.1. The van der Waals surface area contributed by atoms with Crippen LogP contribution in [0.4, 0.5) is 0 Å². The molecule has 6 aromatic carbocycles. The van der Waals surface area contributed by atoms with Crippen LogP contribution in [0.5, 0.6) is 0 Å². The third kappa shape index (κ3) is 5.41. The normalized spacial score (nSPS) is 14.8. The van der Waals surface area contributed by atoms with Crippen LogP contribution in [0.1, 0.15) is 23.5 Å². The van der Waals surface area contributed by atoms with Crippen molar-refractivity contribution in [3.63, 3.8) is 0 Å². The molecule has 1 unspecified atom stereocenters. The Balaban J connectivity index is 1.26. The number of halogens is 2. The lowest BCUT2D eigenvalue weighted by atomic mass is 9.85. The van der Waals surface area contributed by atoms with Gasteiger partial charge in [0.15, 0.2) is 0 Å². The smallest absolute Gasteiger partial charge is 0.0538 e. The van der Waals surface area contributed by atoms with Crippen LogP contribution in [0.2, 0.25) is 0 Å². The van der Waals surface area contributed by atoms with Crippen LogP contribution < -0.4 is 0 Å². The minimum atomic E-state index is 0.233. The molecule has 0 N–H and O–H groups in total. The fourth-order valence-electron chi connectivity index (χ4n) is 6.65. The Hall–Kier alpha value is -4.44. The molecule has 1 aliphatic carbocycles. The molecule has 0 saturated heterocycles. The largest absolute Gasteiger partial charge is 0.313 e. The molecule has 0 bridgehead atoms. The highest BCUT2D eigenvalue weighted by molar-refractivity contribution is 9.10. The van der Waals surface area contributed by atoms with E-state index in [0.29, 0.717) is 0 Å². The number of rotatable bonds is 5. The lowest BCUT2D eigenvalue weighted by Gasteiger charge is -2.25. The van der Waals surface area contributed by atoms with Crippen molar-refractivity contribution in [2.24, 2.45) is 0 Å². The Labute approximate surface area is 280 Å². The molecule has 0 fully saturated rings. The van der Waals surface area contributed by atoms with Crippen molar-refractivity contribution in [3.8, 4) is 22.3 Å². The molecular formula is C42H29Br2N. The number of benzene rings is 6. The molecule has 0 radical (unpaired) electrons. The molecule has 0 spiro atoms. The van der Waals surface area contributed by atoms with Gasteiger partial charge in [-0.25, -0.2) is 0 Å². The van der Waals surface area contributed by atoms with E-state index in [1.165, 1.54) is 66.5 Å². The number of aromatic nitrogens is 1. The first kappa shape index (κ1) is 28.1. The molecule has 0 aliphatic heterocycles. The summed E-state index contributed by atoms with van der Waals surface area (Å²) in [5.74, 6) is 0.233. The van der Waals surface area contributed by atoms with Crippen LogP contribution in [-0.4, -0.2) is 4.57 Å². The lowest BCUT2D eigenvalue weighted by molar-refractivity contribution is 0.840. The van der Waals surface area contributed by atoms with Gasteiger partial charge >= 0.3 is 0 Å². The van der Waals surface area contributed by atoms with E-state index in [1.807, 2.05) is 0 Å². The van der Waals surface area contributed by atoms with Crippen LogP contribution in [0.15, 0.2) is 167 Å². The predicted octanol–water partition coefficient (Wildman–Crippen LogP) is 12.8. The number of hydrogen-bond donors (Lipinski definition) is 0. The third-order valence-corrected chi connectivity index (χ3v) is 9.87. The first-order valence-corrected chi connectivity index (χ1v) is 16.8. The maximum Gasteiger partial charge on any atom is 0.0538 e. The average Bonchev–Trinajstić information content (AvgIpc) is 3.41. The molecule has 45 heavy (non-hydrogen) atoms. The molecule has 1 aliphatic rings. The molecule has 1 aromatic heterocycles. The fraction of sp³-hybridized carbons (Fsp3) is 0.0476. The molecule has 7 aromatic rings. The van der Waals surface area contributed by atoms with Crippen LogP contribution in [-0.2, 0) is 0 Å². The summed E-state index contributed by atoms with van der Waals surface area (Å²) in [6.07, 6.45) is 5.76. The van der Waals surface area contributed by atoms with Crippen molar-refractivity contribution < 1.29 is 0 Å². The number of allylic oxidation sites excluding steroid dienone is 4. The average molecular weight is 708 g/mol. The highest BCUT2D eigenvalue weighted by Crippen LogP contribution is 2.42. The molecule has 8 rings (SSSR count). The Bertz CT molecular complexity index is 2160. The summed E-state index contributed by atoms with van der Waals surface area (Å²) in [7, 11) is 0. The summed E-state index contributed by atoms with van der Waals surface area (Å²) in [5, 5.41) is 2.49. The van der Waals surface area contributed by atoms with Gasteiger partial charge < -0.3 is 4.57 Å². The second-order valence-corrected chi connectivity index (χ2v) is 13.5. The Morgan fingerprint density at radius 2 is 0.956 bits per heavy atom. The zero-order valence-corrected chi connectivity index (χ0v) is 27.7. The maximum absolute atomic E-state index is 3.72. The molecule has 0 amide bonds. The van der Waals surface area contributed by atoms with E-state index >= 15 is 0 Å².